The summed E-state index contributed by atoms with van der Waals surface area (Å²) >= 11 is 0. The fourth-order valence-electron chi connectivity index (χ4n) is 0.285. The molecule has 10 heavy (non-hydrogen) atoms. The van der Waals surface area contributed by atoms with Crippen LogP contribution in [0.15, 0.2) is 0 Å². The van der Waals surface area contributed by atoms with E-state index in [4.69, 9.17) is 10.2 Å². The molecule has 0 rings (SSSR count). The SMILES string of the molecule is NC(=O)NCC(O)C(=O)O. The maximum Gasteiger partial charge on any atom is 0.334 e. The molecule has 0 radical (unpaired) electrons. The van der Waals surface area contributed by atoms with Crippen molar-refractivity contribution in [3.63, 3.8) is 0 Å². The summed E-state index contributed by atoms with van der Waals surface area (Å²) in [4.78, 5) is 19.8. The summed E-state index contributed by atoms with van der Waals surface area (Å²) in [6.07, 6.45) is -1.59. The van der Waals surface area contributed by atoms with Crippen LogP contribution < -0.4 is 11.1 Å². The molecule has 6 nitrogen and oxygen atoms in total. The number of rotatable bonds is 3. The molecule has 6 heteroatoms. The zero-order valence-corrected chi connectivity index (χ0v) is 5.07. The topological polar surface area (TPSA) is 113 Å². The van der Waals surface area contributed by atoms with Crippen LogP contribution in [-0.4, -0.2) is 34.9 Å². The molecule has 0 spiro atoms. The molecule has 0 aromatic carbocycles. The zero-order chi connectivity index (χ0) is 8.15. The molecule has 0 aromatic heterocycles. The molecule has 58 valence electrons. The van der Waals surface area contributed by atoms with Gasteiger partial charge in [0.15, 0.2) is 6.10 Å². The van der Waals surface area contributed by atoms with E-state index in [0.29, 0.717) is 0 Å². The highest BCUT2D eigenvalue weighted by Gasteiger charge is 2.12. The Morgan fingerprint density at radius 3 is 2.40 bits per heavy atom. The molecule has 0 aliphatic rings. The molecule has 5 N–H and O–H groups in total. The number of primary amides is 1. The Balaban J connectivity index is 3.49. The summed E-state index contributed by atoms with van der Waals surface area (Å²) < 4.78 is 0. The Bertz CT molecular complexity index is 146. The third kappa shape index (κ3) is 3.67. The molecule has 1 atom stereocenters. The summed E-state index contributed by atoms with van der Waals surface area (Å²) in [6.45, 7) is -0.370. The van der Waals surface area contributed by atoms with Crippen molar-refractivity contribution in [1.82, 2.24) is 5.32 Å². The highest BCUT2D eigenvalue weighted by molar-refractivity contribution is 5.75. The minimum atomic E-state index is -1.59. The summed E-state index contributed by atoms with van der Waals surface area (Å²) in [5.74, 6) is -1.39. The van der Waals surface area contributed by atoms with Crippen LogP contribution in [0.3, 0.4) is 0 Å². The van der Waals surface area contributed by atoms with E-state index >= 15 is 0 Å². The number of hydrogen-bond donors (Lipinski definition) is 4. The van der Waals surface area contributed by atoms with Crippen LogP contribution in [0.25, 0.3) is 0 Å². The zero-order valence-electron chi connectivity index (χ0n) is 5.07. The van der Waals surface area contributed by atoms with E-state index in [1.54, 1.807) is 0 Å². The number of carboxylic acids is 1. The summed E-state index contributed by atoms with van der Waals surface area (Å²) in [7, 11) is 0. The first-order chi connectivity index (χ1) is 4.54. The van der Waals surface area contributed by atoms with E-state index < -0.39 is 18.1 Å². The molecule has 0 bridgehead atoms. The number of nitrogens with two attached hydrogens (primary N) is 1. The van der Waals surface area contributed by atoms with Crippen molar-refractivity contribution in [1.29, 1.82) is 0 Å². The first kappa shape index (κ1) is 8.70. The van der Waals surface area contributed by atoms with Crippen LogP contribution in [0.5, 0.6) is 0 Å². The Morgan fingerprint density at radius 2 is 2.10 bits per heavy atom. The Hall–Kier alpha value is -1.30. The van der Waals surface area contributed by atoms with Crippen molar-refractivity contribution in [2.24, 2.45) is 5.73 Å². The van der Waals surface area contributed by atoms with Gasteiger partial charge in [-0.05, 0) is 0 Å². The fourth-order valence-corrected chi connectivity index (χ4v) is 0.285. The standard InChI is InChI=1S/C4H8N2O4/c5-4(10)6-1-2(7)3(8)9/h2,7H,1H2,(H,8,9)(H3,5,6,10). The van der Waals surface area contributed by atoms with E-state index in [-0.39, 0.29) is 6.54 Å². The lowest BCUT2D eigenvalue weighted by Gasteiger charge is -2.03. The van der Waals surface area contributed by atoms with Crippen molar-refractivity contribution in [2.45, 2.75) is 6.10 Å². The summed E-state index contributed by atoms with van der Waals surface area (Å²) in [5.41, 5.74) is 4.59. The molecule has 2 amide bonds. The average Bonchev–Trinajstić information content (AvgIpc) is 1.82. The Kier molecular flexibility index (Phi) is 3.20. The van der Waals surface area contributed by atoms with Crippen LogP contribution in [0, 0.1) is 0 Å². The van der Waals surface area contributed by atoms with Crippen LogP contribution in [0.4, 0.5) is 4.79 Å². The van der Waals surface area contributed by atoms with Gasteiger partial charge < -0.3 is 21.3 Å². The fraction of sp³-hybridized carbons (Fsp3) is 0.500. The third-order valence-electron chi connectivity index (χ3n) is 0.755. The molecule has 0 saturated heterocycles. The molecule has 0 aromatic rings. The van der Waals surface area contributed by atoms with Gasteiger partial charge in [-0.3, -0.25) is 0 Å². The van der Waals surface area contributed by atoms with Gasteiger partial charge in [-0.15, -0.1) is 0 Å². The average molecular weight is 148 g/mol. The maximum atomic E-state index is 9.93. The number of aliphatic carboxylic acids is 1. The summed E-state index contributed by atoms with van der Waals surface area (Å²) in [6, 6.07) is -0.861. The van der Waals surface area contributed by atoms with E-state index in [1.807, 2.05) is 5.32 Å². The lowest BCUT2D eigenvalue weighted by molar-refractivity contribution is -0.146. The maximum absolute atomic E-state index is 9.93. The number of nitrogens with one attached hydrogen (secondary N) is 1. The van der Waals surface area contributed by atoms with Crippen molar-refractivity contribution in [3.8, 4) is 0 Å². The smallest absolute Gasteiger partial charge is 0.334 e. The molecule has 0 heterocycles. The number of carboxylic acid groups (broad SMARTS) is 1. The van der Waals surface area contributed by atoms with Crippen molar-refractivity contribution < 1.29 is 19.8 Å². The third-order valence-corrected chi connectivity index (χ3v) is 0.755. The van der Waals surface area contributed by atoms with Crippen molar-refractivity contribution in [3.05, 3.63) is 0 Å². The van der Waals surface area contributed by atoms with Crippen LogP contribution >= 0.6 is 0 Å². The predicted molar refractivity (Wildman–Crippen MR) is 31.2 cm³/mol. The second-order valence-corrected chi connectivity index (χ2v) is 1.60. The highest BCUT2D eigenvalue weighted by Crippen LogP contribution is 1.77. The number of hydrogen-bond acceptors (Lipinski definition) is 3. The van der Waals surface area contributed by atoms with Gasteiger partial charge in [-0.1, -0.05) is 0 Å². The molecule has 0 saturated carbocycles. The highest BCUT2D eigenvalue weighted by atomic mass is 16.4. The monoisotopic (exact) mass is 148 g/mol. The number of urea groups is 1. The molecular weight excluding hydrogens is 140 g/mol. The minimum Gasteiger partial charge on any atom is -0.479 e. The van der Waals surface area contributed by atoms with Gasteiger partial charge in [0.05, 0.1) is 6.54 Å². The van der Waals surface area contributed by atoms with Gasteiger partial charge in [0.25, 0.3) is 0 Å². The van der Waals surface area contributed by atoms with Gasteiger partial charge in [0, 0.05) is 0 Å². The lowest BCUT2D eigenvalue weighted by atomic mass is 10.4. The number of carbonyl (C=O) groups is 2. The first-order valence-electron chi connectivity index (χ1n) is 2.48. The quantitative estimate of drug-likeness (QED) is 0.374. The van der Waals surface area contributed by atoms with Crippen LogP contribution in [-0.2, 0) is 4.79 Å². The van der Waals surface area contributed by atoms with Crippen LogP contribution in [0.1, 0.15) is 0 Å². The summed E-state index contributed by atoms with van der Waals surface area (Å²) in [5, 5.41) is 18.5. The first-order valence-corrected chi connectivity index (χ1v) is 2.48. The van der Waals surface area contributed by atoms with Gasteiger partial charge >= 0.3 is 12.0 Å². The van der Waals surface area contributed by atoms with Gasteiger partial charge in [-0.2, -0.15) is 0 Å². The molecule has 0 aliphatic heterocycles. The largest absolute Gasteiger partial charge is 0.479 e. The van der Waals surface area contributed by atoms with Crippen LogP contribution in [0.2, 0.25) is 0 Å². The predicted octanol–water partition coefficient (Wildman–Crippen LogP) is -1.90. The second-order valence-electron chi connectivity index (χ2n) is 1.60. The van der Waals surface area contributed by atoms with Crippen molar-refractivity contribution >= 4 is 12.0 Å². The Morgan fingerprint density at radius 1 is 1.60 bits per heavy atom. The molecule has 0 fully saturated rings. The number of aliphatic hydroxyl groups is 1. The van der Waals surface area contributed by atoms with E-state index in [0.717, 1.165) is 0 Å². The van der Waals surface area contributed by atoms with Gasteiger partial charge in [-0.25, -0.2) is 9.59 Å². The normalized spacial score (nSPS) is 12.1. The lowest BCUT2D eigenvalue weighted by Crippen LogP contribution is -2.39. The van der Waals surface area contributed by atoms with E-state index in [9.17, 15) is 9.59 Å². The number of aliphatic hydroxyl groups excluding tert-OH is 1. The second kappa shape index (κ2) is 3.67. The number of carbonyl (C=O) groups excluding carboxylic acids is 1. The molecular formula is C4H8N2O4. The molecule has 0 aliphatic carbocycles. The van der Waals surface area contributed by atoms with E-state index in [1.165, 1.54) is 0 Å². The van der Waals surface area contributed by atoms with E-state index in [2.05, 4.69) is 5.73 Å². The Labute approximate surface area is 56.6 Å². The number of amides is 2. The molecule has 1 unspecified atom stereocenters. The van der Waals surface area contributed by atoms with Crippen molar-refractivity contribution in [2.75, 3.05) is 6.54 Å². The van der Waals surface area contributed by atoms with Gasteiger partial charge in [0.2, 0.25) is 0 Å². The van der Waals surface area contributed by atoms with Gasteiger partial charge in [0.1, 0.15) is 0 Å². The minimum absolute atomic E-state index is 0.370.